The summed E-state index contributed by atoms with van der Waals surface area (Å²) < 4.78 is 0. The molecule has 23 heavy (non-hydrogen) atoms. The van der Waals surface area contributed by atoms with Gasteiger partial charge in [0.15, 0.2) is 0 Å². The fourth-order valence-corrected chi connectivity index (χ4v) is 3.19. The largest absolute Gasteiger partial charge is 0.387 e. The maximum Gasteiger partial charge on any atom is 0.0915 e. The molecule has 0 unspecified atom stereocenters. The number of benzene rings is 2. The van der Waals surface area contributed by atoms with E-state index in [9.17, 15) is 5.11 Å². The number of nitrogens with one attached hydrogen (secondary N) is 2. The first kappa shape index (κ1) is 18.1. The second-order valence-electron chi connectivity index (χ2n) is 5.62. The maximum absolute atomic E-state index is 10.3. The van der Waals surface area contributed by atoms with E-state index in [0.717, 1.165) is 6.42 Å². The smallest absolute Gasteiger partial charge is 0.0915 e. The summed E-state index contributed by atoms with van der Waals surface area (Å²) in [5.74, 6) is 0. The van der Waals surface area contributed by atoms with Gasteiger partial charge in [0.2, 0.25) is 0 Å². The Hall–Kier alpha value is -1.26. The molecule has 0 fully saturated rings. The van der Waals surface area contributed by atoms with Crippen molar-refractivity contribution in [1.29, 1.82) is 0 Å². The summed E-state index contributed by atoms with van der Waals surface area (Å²) in [5, 5.41) is 17.7. The van der Waals surface area contributed by atoms with Gasteiger partial charge in [-0.15, -0.1) is 0 Å². The van der Waals surface area contributed by atoms with E-state index in [2.05, 4.69) is 29.7 Å². The van der Waals surface area contributed by atoms with Crippen LogP contribution in [0, 0.1) is 0 Å². The Morgan fingerprint density at radius 2 is 1.70 bits per heavy atom. The first-order valence-corrected chi connectivity index (χ1v) is 8.39. The number of hydrogen-bond donors (Lipinski definition) is 3. The van der Waals surface area contributed by atoms with Crippen LogP contribution in [0.15, 0.2) is 42.5 Å². The Balaban J connectivity index is 1.93. The molecular formula is C18H22Cl2N2O. The van der Waals surface area contributed by atoms with Gasteiger partial charge >= 0.3 is 0 Å². The van der Waals surface area contributed by atoms with Crippen LogP contribution >= 0.6 is 23.2 Å². The number of rotatable bonds is 7. The molecule has 3 N–H and O–H groups in total. The maximum atomic E-state index is 10.3. The van der Waals surface area contributed by atoms with Crippen LogP contribution in [0.25, 0.3) is 0 Å². The fourth-order valence-electron chi connectivity index (χ4n) is 2.49. The number of hydrogen-bond acceptors (Lipinski definition) is 3. The van der Waals surface area contributed by atoms with Crippen molar-refractivity contribution >= 4 is 28.9 Å². The standard InChI is InChI=1S/C18H22Cl2N2O/c1-12(8-13-6-4-3-5-7-13)22-11-17(23)14-9-15(19)18(21-2)16(20)10-14/h3-7,9-10,12,17,21-23H,8,11H2,1-2H3/t12-,17+/m1/s1. The zero-order chi connectivity index (χ0) is 16.8. The lowest BCUT2D eigenvalue weighted by Crippen LogP contribution is -2.32. The van der Waals surface area contributed by atoms with E-state index >= 15 is 0 Å². The summed E-state index contributed by atoms with van der Waals surface area (Å²) in [6.07, 6.45) is 0.252. The quantitative estimate of drug-likeness (QED) is 0.696. The SMILES string of the molecule is CNc1c(Cl)cc([C@@H](O)CN[C@H](C)Cc2ccccc2)cc1Cl. The summed E-state index contributed by atoms with van der Waals surface area (Å²) in [4.78, 5) is 0. The van der Waals surface area contributed by atoms with Gasteiger partial charge in [-0.1, -0.05) is 53.5 Å². The molecule has 0 spiro atoms. The monoisotopic (exact) mass is 352 g/mol. The van der Waals surface area contributed by atoms with Gasteiger partial charge in [-0.2, -0.15) is 0 Å². The van der Waals surface area contributed by atoms with Crippen LogP contribution in [0.2, 0.25) is 10.0 Å². The second-order valence-corrected chi connectivity index (χ2v) is 6.44. The van der Waals surface area contributed by atoms with E-state index in [1.165, 1.54) is 5.56 Å². The minimum Gasteiger partial charge on any atom is -0.387 e. The predicted octanol–water partition coefficient (Wildman–Crippen LogP) is 4.29. The van der Waals surface area contributed by atoms with E-state index < -0.39 is 6.10 Å². The molecule has 0 aliphatic carbocycles. The van der Waals surface area contributed by atoms with E-state index in [1.807, 2.05) is 18.2 Å². The molecule has 124 valence electrons. The van der Waals surface area contributed by atoms with Crippen molar-refractivity contribution in [3.8, 4) is 0 Å². The molecule has 2 atom stereocenters. The molecule has 0 amide bonds. The Bertz CT molecular complexity index is 611. The van der Waals surface area contributed by atoms with E-state index in [4.69, 9.17) is 23.2 Å². The van der Waals surface area contributed by atoms with Crippen molar-refractivity contribution in [3.05, 3.63) is 63.6 Å². The summed E-state index contributed by atoms with van der Waals surface area (Å²) in [6.45, 7) is 2.54. The van der Waals surface area contributed by atoms with E-state index in [-0.39, 0.29) is 6.04 Å². The zero-order valence-corrected chi connectivity index (χ0v) is 14.8. The Morgan fingerprint density at radius 3 is 2.26 bits per heavy atom. The second kappa shape index (κ2) is 8.55. The van der Waals surface area contributed by atoms with Crippen LogP contribution in [0.1, 0.15) is 24.2 Å². The van der Waals surface area contributed by atoms with Gasteiger partial charge in [-0.05, 0) is 36.6 Å². The molecule has 0 aromatic heterocycles. The predicted molar refractivity (Wildman–Crippen MR) is 98.6 cm³/mol. The van der Waals surface area contributed by atoms with Gasteiger partial charge in [-0.3, -0.25) is 0 Å². The lowest BCUT2D eigenvalue weighted by molar-refractivity contribution is 0.170. The van der Waals surface area contributed by atoms with E-state index in [0.29, 0.717) is 27.8 Å². The first-order valence-electron chi connectivity index (χ1n) is 7.63. The third kappa shape index (κ3) is 5.11. The molecule has 0 aliphatic heterocycles. The molecule has 0 bridgehead atoms. The summed E-state index contributed by atoms with van der Waals surface area (Å²) in [6, 6.07) is 14.0. The Kier molecular flexibility index (Phi) is 6.72. The zero-order valence-electron chi connectivity index (χ0n) is 13.3. The normalized spacial score (nSPS) is 13.6. The molecule has 0 saturated heterocycles. The average molecular weight is 353 g/mol. The number of halogens is 2. The molecule has 3 nitrogen and oxygen atoms in total. The summed E-state index contributed by atoms with van der Waals surface area (Å²) in [7, 11) is 1.76. The summed E-state index contributed by atoms with van der Waals surface area (Å²) >= 11 is 12.3. The molecule has 2 rings (SSSR count). The van der Waals surface area contributed by atoms with Gasteiger partial charge in [0.05, 0.1) is 21.8 Å². The van der Waals surface area contributed by atoms with Crippen LogP contribution in [-0.2, 0) is 6.42 Å². The topological polar surface area (TPSA) is 44.3 Å². The van der Waals surface area contributed by atoms with Gasteiger partial charge in [-0.25, -0.2) is 0 Å². The molecule has 5 heteroatoms. The van der Waals surface area contributed by atoms with Crippen LogP contribution in [0.4, 0.5) is 5.69 Å². The van der Waals surface area contributed by atoms with Crippen molar-refractivity contribution in [2.75, 3.05) is 18.9 Å². The number of aliphatic hydroxyl groups excluding tert-OH is 1. The van der Waals surface area contributed by atoms with Crippen molar-refractivity contribution in [2.45, 2.75) is 25.5 Å². The van der Waals surface area contributed by atoms with Crippen LogP contribution < -0.4 is 10.6 Å². The fraction of sp³-hybridized carbons (Fsp3) is 0.333. The lowest BCUT2D eigenvalue weighted by Gasteiger charge is -2.19. The third-order valence-corrected chi connectivity index (χ3v) is 4.34. The van der Waals surface area contributed by atoms with Crippen molar-refractivity contribution in [2.24, 2.45) is 0 Å². The van der Waals surface area contributed by atoms with Crippen molar-refractivity contribution in [3.63, 3.8) is 0 Å². The van der Waals surface area contributed by atoms with Crippen molar-refractivity contribution in [1.82, 2.24) is 5.32 Å². The molecular weight excluding hydrogens is 331 g/mol. The third-order valence-electron chi connectivity index (χ3n) is 3.74. The highest BCUT2D eigenvalue weighted by atomic mass is 35.5. The molecule has 2 aromatic carbocycles. The highest BCUT2D eigenvalue weighted by Gasteiger charge is 2.14. The van der Waals surface area contributed by atoms with Gasteiger partial charge in [0.1, 0.15) is 0 Å². The van der Waals surface area contributed by atoms with Crippen LogP contribution in [0.5, 0.6) is 0 Å². The van der Waals surface area contributed by atoms with E-state index in [1.54, 1.807) is 19.2 Å². The van der Waals surface area contributed by atoms with Crippen LogP contribution in [0.3, 0.4) is 0 Å². The molecule has 0 radical (unpaired) electrons. The molecule has 0 aliphatic rings. The Labute approximate surface area is 147 Å². The first-order chi connectivity index (χ1) is 11.0. The molecule has 2 aromatic rings. The average Bonchev–Trinajstić information content (AvgIpc) is 2.53. The van der Waals surface area contributed by atoms with Gasteiger partial charge in [0, 0.05) is 19.6 Å². The summed E-state index contributed by atoms with van der Waals surface area (Å²) in [5.41, 5.74) is 2.65. The minimum atomic E-state index is -0.658. The molecule has 0 saturated carbocycles. The van der Waals surface area contributed by atoms with Gasteiger partial charge in [0.25, 0.3) is 0 Å². The minimum absolute atomic E-state index is 0.259. The molecule has 0 heterocycles. The Morgan fingerprint density at radius 1 is 1.09 bits per heavy atom. The highest BCUT2D eigenvalue weighted by molar-refractivity contribution is 6.39. The number of aliphatic hydroxyl groups is 1. The van der Waals surface area contributed by atoms with Crippen LogP contribution in [-0.4, -0.2) is 24.7 Å². The highest BCUT2D eigenvalue weighted by Crippen LogP contribution is 2.33. The number of anilines is 1. The van der Waals surface area contributed by atoms with Gasteiger partial charge < -0.3 is 15.7 Å². The van der Waals surface area contributed by atoms with Crippen molar-refractivity contribution < 1.29 is 5.11 Å². The lowest BCUT2D eigenvalue weighted by atomic mass is 10.1.